The zero-order valence-corrected chi connectivity index (χ0v) is 17.5. The number of benzene rings is 2. The average molecular weight is 480 g/mol. The molecule has 0 bridgehead atoms. The van der Waals surface area contributed by atoms with E-state index in [2.05, 4.69) is 10.3 Å². The van der Waals surface area contributed by atoms with Gasteiger partial charge in [-0.2, -0.15) is 5.26 Å². The van der Waals surface area contributed by atoms with Gasteiger partial charge in [0, 0.05) is 18.0 Å². The number of nitrogens with one attached hydrogen (secondary N) is 2. The van der Waals surface area contributed by atoms with Crippen LogP contribution in [-0.2, 0) is 0 Å². The van der Waals surface area contributed by atoms with E-state index in [9.17, 15) is 14.0 Å². The van der Waals surface area contributed by atoms with Crippen molar-refractivity contribution in [2.24, 2.45) is 0 Å². The second-order valence-electron chi connectivity index (χ2n) is 5.87. The molecule has 0 spiro atoms. The summed E-state index contributed by atoms with van der Waals surface area (Å²) in [6, 6.07) is 10.3. The number of halogens is 4. The highest BCUT2D eigenvalue weighted by Gasteiger charge is 2.19. The summed E-state index contributed by atoms with van der Waals surface area (Å²) in [4.78, 5) is 28.2. The minimum atomic E-state index is -1.02. The number of rotatable bonds is 4. The molecule has 0 fully saturated rings. The number of carbonyl (C=O) groups excluding carboxylic acids is 2. The number of amides is 3. The highest BCUT2D eigenvalue weighted by molar-refractivity contribution is 6.38. The van der Waals surface area contributed by atoms with Crippen molar-refractivity contribution in [3.63, 3.8) is 0 Å². The van der Waals surface area contributed by atoms with Crippen molar-refractivity contribution in [2.45, 2.75) is 0 Å². The number of hydrogen-bond acceptors (Lipinski definition) is 5. The standard InChI is InChI=1S/C20H10Cl3FN4O3/c21-12-2-1-3-15(24)17(12)19(29)28-20(30)27-11-6-13(22)18(14(23)7-11)31-16-5-4-10(8-25)9-26-16/h1-7,9H,(H2,27,28,29,30). The summed E-state index contributed by atoms with van der Waals surface area (Å²) in [5.74, 6) is -1.68. The van der Waals surface area contributed by atoms with Gasteiger partial charge in [0.1, 0.15) is 11.9 Å². The number of nitriles is 1. The van der Waals surface area contributed by atoms with Crippen LogP contribution < -0.4 is 15.4 Å². The molecule has 0 aliphatic heterocycles. The van der Waals surface area contributed by atoms with Crippen molar-refractivity contribution < 1.29 is 18.7 Å². The molecule has 0 radical (unpaired) electrons. The van der Waals surface area contributed by atoms with Crippen molar-refractivity contribution in [1.82, 2.24) is 10.3 Å². The third-order valence-corrected chi connectivity index (χ3v) is 4.62. The van der Waals surface area contributed by atoms with Crippen molar-refractivity contribution in [2.75, 3.05) is 5.32 Å². The summed E-state index contributed by atoms with van der Waals surface area (Å²) < 4.78 is 19.3. The van der Waals surface area contributed by atoms with Gasteiger partial charge in [-0.05, 0) is 30.3 Å². The third kappa shape index (κ3) is 5.41. The largest absolute Gasteiger partial charge is 0.436 e. The number of hydrogen-bond donors (Lipinski definition) is 2. The number of carbonyl (C=O) groups is 2. The Labute approximate surface area is 190 Å². The lowest BCUT2D eigenvalue weighted by Crippen LogP contribution is -2.35. The number of anilines is 1. The molecule has 156 valence electrons. The maximum absolute atomic E-state index is 13.8. The summed E-state index contributed by atoms with van der Waals surface area (Å²) in [6.45, 7) is 0. The van der Waals surface area contributed by atoms with Crippen LogP contribution >= 0.6 is 34.8 Å². The van der Waals surface area contributed by atoms with E-state index in [0.717, 1.165) is 6.07 Å². The van der Waals surface area contributed by atoms with Crippen LogP contribution in [0.25, 0.3) is 0 Å². The maximum Gasteiger partial charge on any atom is 0.326 e. The predicted molar refractivity (Wildman–Crippen MR) is 113 cm³/mol. The lowest BCUT2D eigenvalue weighted by Gasteiger charge is -2.12. The van der Waals surface area contributed by atoms with E-state index in [-0.39, 0.29) is 32.4 Å². The van der Waals surface area contributed by atoms with E-state index in [1.54, 1.807) is 0 Å². The van der Waals surface area contributed by atoms with Crippen LogP contribution in [0.4, 0.5) is 14.9 Å². The Morgan fingerprint density at radius 3 is 2.35 bits per heavy atom. The molecule has 3 aromatic rings. The Hall–Kier alpha value is -3.38. The number of ether oxygens (including phenoxy) is 1. The number of aromatic nitrogens is 1. The number of pyridine rings is 1. The van der Waals surface area contributed by atoms with Gasteiger partial charge in [-0.15, -0.1) is 0 Å². The normalized spacial score (nSPS) is 10.2. The van der Waals surface area contributed by atoms with Crippen LogP contribution in [-0.4, -0.2) is 16.9 Å². The molecule has 3 amide bonds. The van der Waals surface area contributed by atoms with Crippen LogP contribution in [0.5, 0.6) is 11.6 Å². The van der Waals surface area contributed by atoms with Crippen LogP contribution in [0.1, 0.15) is 15.9 Å². The Bertz CT molecular complexity index is 1170. The van der Waals surface area contributed by atoms with Crippen LogP contribution in [0.15, 0.2) is 48.7 Å². The van der Waals surface area contributed by atoms with Gasteiger partial charge in [0.2, 0.25) is 5.88 Å². The first kappa shape index (κ1) is 22.3. The van der Waals surface area contributed by atoms with Crippen molar-refractivity contribution >= 4 is 52.4 Å². The molecule has 0 aliphatic carbocycles. The summed E-state index contributed by atoms with van der Waals surface area (Å²) in [7, 11) is 0. The maximum atomic E-state index is 13.8. The molecule has 31 heavy (non-hydrogen) atoms. The van der Waals surface area contributed by atoms with Crippen LogP contribution in [0.2, 0.25) is 15.1 Å². The summed E-state index contributed by atoms with van der Waals surface area (Å²) in [5.41, 5.74) is 0.0236. The quantitative estimate of drug-likeness (QED) is 0.491. The average Bonchev–Trinajstić information content (AvgIpc) is 2.71. The molecule has 1 heterocycles. The van der Waals surface area contributed by atoms with Crippen molar-refractivity contribution in [3.05, 3.63) is 80.7 Å². The molecule has 0 saturated heterocycles. The fraction of sp³-hybridized carbons (Fsp3) is 0. The van der Waals surface area contributed by atoms with Gasteiger partial charge in [-0.1, -0.05) is 40.9 Å². The van der Waals surface area contributed by atoms with Gasteiger partial charge in [0.15, 0.2) is 5.75 Å². The topological polar surface area (TPSA) is 104 Å². The first-order valence-corrected chi connectivity index (χ1v) is 9.51. The van der Waals surface area contributed by atoms with E-state index >= 15 is 0 Å². The van der Waals surface area contributed by atoms with Crippen LogP contribution in [0.3, 0.4) is 0 Å². The fourth-order valence-corrected chi connectivity index (χ4v) is 3.20. The highest BCUT2D eigenvalue weighted by Crippen LogP contribution is 2.38. The molecule has 2 aromatic carbocycles. The SMILES string of the molecule is N#Cc1ccc(Oc2c(Cl)cc(NC(=O)NC(=O)c3c(F)cccc3Cl)cc2Cl)nc1. The zero-order valence-electron chi connectivity index (χ0n) is 15.2. The second-order valence-corrected chi connectivity index (χ2v) is 7.09. The third-order valence-electron chi connectivity index (χ3n) is 3.75. The molecular weight excluding hydrogens is 470 g/mol. The molecular formula is C20H10Cl3FN4O3. The Balaban J connectivity index is 1.71. The van der Waals surface area contributed by atoms with Crippen molar-refractivity contribution in [3.8, 4) is 17.7 Å². The minimum absolute atomic E-state index is 0.0393. The Morgan fingerprint density at radius 2 is 1.77 bits per heavy atom. The summed E-state index contributed by atoms with van der Waals surface area (Å²) in [6.07, 6.45) is 1.32. The molecule has 0 aliphatic rings. The van der Waals surface area contributed by atoms with E-state index < -0.39 is 23.3 Å². The van der Waals surface area contributed by atoms with Gasteiger partial charge in [-0.3, -0.25) is 10.1 Å². The fourth-order valence-electron chi connectivity index (χ4n) is 2.38. The minimum Gasteiger partial charge on any atom is -0.436 e. The molecule has 0 atom stereocenters. The molecule has 11 heteroatoms. The Kier molecular flexibility index (Phi) is 6.92. The summed E-state index contributed by atoms with van der Waals surface area (Å²) >= 11 is 18.2. The molecule has 0 saturated carbocycles. The summed E-state index contributed by atoms with van der Waals surface area (Å²) in [5, 5.41) is 13.1. The van der Waals surface area contributed by atoms with Gasteiger partial charge < -0.3 is 10.1 Å². The van der Waals surface area contributed by atoms with Gasteiger partial charge in [-0.25, -0.2) is 14.2 Å². The lowest BCUT2D eigenvalue weighted by molar-refractivity contribution is 0.0963. The van der Waals surface area contributed by atoms with E-state index in [4.69, 9.17) is 44.8 Å². The molecule has 3 rings (SSSR count). The molecule has 2 N–H and O–H groups in total. The number of urea groups is 1. The second kappa shape index (κ2) is 9.62. The Morgan fingerprint density at radius 1 is 1.06 bits per heavy atom. The van der Waals surface area contributed by atoms with E-state index in [1.807, 2.05) is 11.4 Å². The molecule has 1 aromatic heterocycles. The molecule has 0 unspecified atom stereocenters. The zero-order chi connectivity index (χ0) is 22.5. The van der Waals surface area contributed by atoms with Gasteiger partial charge >= 0.3 is 6.03 Å². The van der Waals surface area contributed by atoms with Gasteiger partial charge in [0.25, 0.3) is 5.91 Å². The molecule has 7 nitrogen and oxygen atoms in total. The lowest BCUT2D eigenvalue weighted by atomic mass is 10.2. The monoisotopic (exact) mass is 478 g/mol. The number of imide groups is 1. The number of nitrogens with zero attached hydrogens (tertiary/aromatic N) is 2. The van der Waals surface area contributed by atoms with Crippen LogP contribution in [0, 0.1) is 17.1 Å². The first-order chi connectivity index (χ1) is 14.8. The highest BCUT2D eigenvalue weighted by atomic mass is 35.5. The van der Waals surface area contributed by atoms with Gasteiger partial charge in [0.05, 0.1) is 26.2 Å². The predicted octanol–water partition coefficient (Wildman–Crippen LogP) is 5.81. The van der Waals surface area contributed by atoms with Crippen molar-refractivity contribution in [1.29, 1.82) is 5.26 Å². The van der Waals surface area contributed by atoms with E-state index in [1.165, 1.54) is 42.6 Å². The first-order valence-electron chi connectivity index (χ1n) is 8.38. The van der Waals surface area contributed by atoms with E-state index in [0.29, 0.717) is 5.56 Å². The smallest absolute Gasteiger partial charge is 0.326 e.